The van der Waals surface area contributed by atoms with E-state index in [-0.39, 0.29) is 5.75 Å². The van der Waals surface area contributed by atoms with Crippen LogP contribution >= 0.6 is 0 Å². The molecule has 0 spiro atoms. The summed E-state index contributed by atoms with van der Waals surface area (Å²) in [5.74, 6) is -1.40. The Balaban J connectivity index is 2.18. The van der Waals surface area contributed by atoms with Crippen LogP contribution in [0.4, 0.5) is 4.39 Å². The molecule has 1 aliphatic rings. The predicted octanol–water partition coefficient (Wildman–Crippen LogP) is 0.316. The lowest BCUT2D eigenvalue weighted by Gasteiger charge is -2.01. The molecule has 0 fully saturated rings. The average Bonchev–Trinajstić information content (AvgIpc) is 2.57. The number of hydrogen-bond donors (Lipinski definition) is 1. The topological polar surface area (TPSA) is 98.8 Å². The molecule has 0 aromatic heterocycles. The summed E-state index contributed by atoms with van der Waals surface area (Å²) < 4.78 is 42.8. The molecular weight excluding hydrogens is 263 g/mol. The van der Waals surface area contributed by atoms with E-state index in [4.69, 9.17) is 10.5 Å². The van der Waals surface area contributed by atoms with Gasteiger partial charge in [-0.2, -0.15) is 12.8 Å². The third-order valence-electron chi connectivity index (χ3n) is 2.03. The largest absolute Gasteiger partial charge is 0.422 e. The number of hydrogen-bond acceptors (Lipinski definition) is 5. The van der Waals surface area contributed by atoms with Crippen molar-refractivity contribution in [3.8, 4) is 5.75 Å². The lowest BCUT2D eigenvalue weighted by Crippen LogP contribution is -2.17. The highest BCUT2D eigenvalue weighted by molar-refractivity contribution is 7.94. The predicted molar refractivity (Wildman–Crippen MR) is 60.7 cm³/mol. The van der Waals surface area contributed by atoms with Gasteiger partial charge in [0.1, 0.15) is 11.6 Å². The number of carbonyl (C=O) groups excluding carboxylic acids is 1. The minimum atomic E-state index is -3.95. The number of nitrogens with zero attached hydrogens (tertiary/aromatic N) is 1. The molecule has 18 heavy (non-hydrogen) atoms. The van der Waals surface area contributed by atoms with Crippen LogP contribution in [-0.4, -0.2) is 20.1 Å². The molecule has 1 aliphatic heterocycles. The minimum Gasteiger partial charge on any atom is -0.422 e. The number of ether oxygens (including phenoxy) is 1. The first kappa shape index (κ1) is 12.2. The number of rotatable bonds is 2. The van der Waals surface area contributed by atoms with Gasteiger partial charge in [0, 0.05) is 6.08 Å². The fraction of sp³-hybridized carbons (Fsp3) is 0. The van der Waals surface area contributed by atoms with Gasteiger partial charge in [-0.15, -0.1) is 0 Å². The number of benzene rings is 1. The van der Waals surface area contributed by atoms with Crippen LogP contribution in [0.25, 0.3) is 0 Å². The molecule has 94 valence electrons. The van der Waals surface area contributed by atoms with E-state index >= 15 is 0 Å². The molecule has 2 N–H and O–H groups in total. The second kappa shape index (κ2) is 4.22. The van der Waals surface area contributed by atoms with Gasteiger partial charge in [-0.3, -0.25) is 0 Å². The lowest BCUT2D eigenvalue weighted by atomic mass is 10.3. The van der Waals surface area contributed by atoms with Crippen molar-refractivity contribution in [2.45, 2.75) is 0 Å². The summed E-state index contributed by atoms with van der Waals surface area (Å²) in [5.41, 5.74) is 4.74. The van der Waals surface area contributed by atoms with Crippen LogP contribution in [0.1, 0.15) is 0 Å². The molecule has 1 aromatic carbocycles. The van der Waals surface area contributed by atoms with Crippen LogP contribution < -0.4 is 10.5 Å². The maximum atomic E-state index is 12.6. The summed E-state index contributed by atoms with van der Waals surface area (Å²) in [6.07, 6.45) is 0.904. The number of halogens is 1. The summed E-state index contributed by atoms with van der Waals surface area (Å²) >= 11 is 0. The zero-order valence-corrected chi connectivity index (χ0v) is 9.65. The molecule has 8 heteroatoms. The quantitative estimate of drug-likeness (QED) is 0.616. The highest BCUT2D eigenvalue weighted by Crippen LogP contribution is 2.15. The van der Waals surface area contributed by atoms with Gasteiger partial charge in [-0.05, 0) is 24.3 Å². The smallest absolute Gasteiger partial charge is 0.363 e. The molecule has 0 saturated heterocycles. The van der Waals surface area contributed by atoms with Crippen molar-refractivity contribution >= 4 is 21.7 Å². The van der Waals surface area contributed by atoms with Crippen molar-refractivity contribution < 1.29 is 22.3 Å². The fourth-order valence-electron chi connectivity index (χ4n) is 1.18. The molecule has 0 amide bonds. The molecule has 1 heterocycles. The Hall–Kier alpha value is -2.22. The van der Waals surface area contributed by atoms with Crippen molar-refractivity contribution in [2.75, 3.05) is 0 Å². The van der Waals surface area contributed by atoms with Crippen molar-refractivity contribution in [3.63, 3.8) is 0 Å². The van der Waals surface area contributed by atoms with E-state index in [1.54, 1.807) is 0 Å². The molecule has 2 rings (SSSR count). The number of sulfonamides is 1. The van der Waals surface area contributed by atoms with Gasteiger partial charge >= 0.3 is 5.97 Å². The first-order valence-electron chi connectivity index (χ1n) is 4.68. The monoisotopic (exact) mass is 270 g/mol. The van der Waals surface area contributed by atoms with Gasteiger partial charge in [0.15, 0.2) is 10.7 Å². The van der Waals surface area contributed by atoms with Crippen molar-refractivity contribution in [1.82, 2.24) is 0 Å². The highest BCUT2D eigenvalue weighted by atomic mass is 32.2. The van der Waals surface area contributed by atoms with Gasteiger partial charge in [-0.1, -0.05) is 0 Å². The van der Waals surface area contributed by atoms with Gasteiger partial charge in [-0.25, -0.2) is 9.18 Å². The van der Waals surface area contributed by atoms with Crippen LogP contribution in [0.15, 0.2) is 39.8 Å². The first-order valence-corrected chi connectivity index (χ1v) is 6.12. The summed E-state index contributed by atoms with van der Waals surface area (Å²) in [5, 5.41) is -0.520. The van der Waals surface area contributed by atoms with E-state index in [1.165, 1.54) is 12.1 Å². The zero-order valence-electron chi connectivity index (χ0n) is 8.83. The van der Waals surface area contributed by atoms with Crippen LogP contribution in [0, 0.1) is 5.82 Å². The lowest BCUT2D eigenvalue weighted by molar-refractivity contribution is -0.126. The summed E-state index contributed by atoms with van der Waals surface area (Å²) in [6.45, 7) is 0. The van der Waals surface area contributed by atoms with E-state index in [0.717, 1.165) is 18.2 Å². The first-order chi connectivity index (χ1) is 8.38. The van der Waals surface area contributed by atoms with Crippen molar-refractivity contribution in [1.29, 1.82) is 0 Å². The number of nitrogens with two attached hydrogens (primary N) is 1. The second-order valence-electron chi connectivity index (χ2n) is 3.34. The molecule has 0 bridgehead atoms. The van der Waals surface area contributed by atoms with Gasteiger partial charge < -0.3 is 10.5 Å². The van der Waals surface area contributed by atoms with Crippen LogP contribution in [0.5, 0.6) is 5.75 Å². The Kier molecular flexibility index (Phi) is 2.87. The molecule has 1 aromatic rings. The molecule has 0 atom stereocenters. The average molecular weight is 270 g/mol. The zero-order chi connectivity index (χ0) is 13.3. The second-order valence-corrected chi connectivity index (χ2v) is 4.95. The Morgan fingerprint density at radius 1 is 1.28 bits per heavy atom. The highest BCUT2D eigenvalue weighted by Gasteiger charge is 2.27. The summed E-state index contributed by atoms with van der Waals surface area (Å²) in [6, 6.07) is 4.65. The third-order valence-corrected chi connectivity index (χ3v) is 3.18. The Morgan fingerprint density at radius 2 is 1.89 bits per heavy atom. The Morgan fingerprint density at radius 3 is 2.39 bits per heavy atom. The standard InChI is InChI=1S/C10H7FN2O4S/c11-6-1-3-7(4-2-6)17-10(14)8-5-9(12)18(15,16)13-8/h1-5H,12H2. The van der Waals surface area contributed by atoms with E-state index < -0.39 is 32.6 Å². The van der Waals surface area contributed by atoms with E-state index in [2.05, 4.69) is 4.40 Å². The van der Waals surface area contributed by atoms with Gasteiger partial charge in [0.25, 0.3) is 10.0 Å². The van der Waals surface area contributed by atoms with Crippen molar-refractivity contribution in [3.05, 3.63) is 41.2 Å². The Labute approximate surface area is 102 Å². The third kappa shape index (κ3) is 2.38. The SMILES string of the molecule is NC1=CC(C(=O)Oc2ccc(F)cc2)=NS1(=O)=O. The Bertz CT molecular complexity index is 662. The van der Waals surface area contributed by atoms with E-state index in [0.29, 0.717) is 0 Å². The minimum absolute atomic E-state index is 0.0698. The maximum Gasteiger partial charge on any atom is 0.363 e. The van der Waals surface area contributed by atoms with E-state index in [1.807, 2.05) is 0 Å². The van der Waals surface area contributed by atoms with E-state index in [9.17, 15) is 17.6 Å². The number of esters is 1. The summed E-state index contributed by atoms with van der Waals surface area (Å²) in [4.78, 5) is 11.5. The molecule has 6 nitrogen and oxygen atoms in total. The maximum absolute atomic E-state index is 12.6. The van der Waals surface area contributed by atoms with Gasteiger partial charge in [0.05, 0.1) is 0 Å². The van der Waals surface area contributed by atoms with Gasteiger partial charge in [0.2, 0.25) is 0 Å². The molecule has 0 unspecified atom stereocenters. The summed E-state index contributed by atoms with van der Waals surface area (Å²) in [7, 11) is -3.95. The number of carbonyl (C=O) groups is 1. The van der Waals surface area contributed by atoms with Crippen LogP contribution in [0.2, 0.25) is 0 Å². The van der Waals surface area contributed by atoms with Crippen LogP contribution in [-0.2, 0) is 14.8 Å². The van der Waals surface area contributed by atoms with Crippen LogP contribution in [0.3, 0.4) is 0 Å². The molecule has 0 saturated carbocycles. The molecule has 0 aliphatic carbocycles. The molecule has 0 radical (unpaired) electrons. The fourth-order valence-corrected chi connectivity index (χ4v) is 1.93. The van der Waals surface area contributed by atoms with Crippen molar-refractivity contribution in [2.24, 2.45) is 10.1 Å². The molecular formula is C10H7FN2O4S. The normalized spacial score (nSPS) is 16.9.